The second-order valence-electron chi connectivity index (χ2n) is 3.12. The van der Waals surface area contributed by atoms with E-state index in [4.69, 9.17) is 20.3 Å². The van der Waals surface area contributed by atoms with Crippen molar-refractivity contribution in [3.8, 4) is 11.5 Å². The van der Waals surface area contributed by atoms with Gasteiger partial charge < -0.3 is 20.3 Å². The Kier molecular flexibility index (Phi) is 4.52. The molecule has 4 nitrogen and oxygen atoms in total. The van der Waals surface area contributed by atoms with Gasteiger partial charge in [0.15, 0.2) is 17.3 Å². The van der Waals surface area contributed by atoms with Gasteiger partial charge in [0.1, 0.15) is 0 Å². The summed E-state index contributed by atoms with van der Waals surface area (Å²) in [7, 11) is 2.72. The van der Waals surface area contributed by atoms with Crippen molar-refractivity contribution in [2.45, 2.75) is 6.04 Å². The molecule has 0 saturated carbocycles. The Morgan fingerprint density at radius 2 is 2.00 bits per heavy atom. The highest BCUT2D eigenvalue weighted by Crippen LogP contribution is 2.40. The third-order valence-corrected chi connectivity index (χ3v) is 2.74. The van der Waals surface area contributed by atoms with Gasteiger partial charge in [0.05, 0.1) is 31.3 Å². The molecule has 0 aliphatic heterocycles. The van der Waals surface area contributed by atoms with Crippen molar-refractivity contribution >= 4 is 15.9 Å². The average Bonchev–Trinajstić information content (AvgIpc) is 2.30. The first-order valence-electron chi connectivity index (χ1n) is 4.53. The fourth-order valence-electron chi connectivity index (χ4n) is 1.37. The summed E-state index contributed by atoms with van der Waals surface area (Å²) in [5.41, 5.74) is 6.17. The van der Waals surface area contributed by atoms with Crippen LogP contribution in [0.4, 0.5) is 4.39 Å². The van der Waals surface area contributed by atoms with E-state index >= 15 is 0 Å². The van der Waals surface area contributed by atoms with E-state index in [0.717, 1.165) is 0 Å². The molecule has 3 N–H and O–H groups in total. The first kappa shape index (κ1) is 13.2. The van der Waals surface area contributed by atoms with Crippen molar-refractivity contribution in [3.63, 3.8) is 0 Å². The van der Waals surface area contributed by atoms with E-state index in [9.17, 15) is 4.39 Å². The van der Waals surface area contributed by atoms with Gasteiger partial charge >= 0.3 is 0 Å². The number of hydrogen-bond donors (Lipinski definition) is 2. The highest BCUT2D eigenvalue weighted by molar-refractivity contribution is 9.10. The van der Waals surface area contributed by atoms with Crippen LogP contribution in [0.1, 0.15) is 11.6 Å². The van der Waals surface area contributed by atoms with Crippen molar-refractivity contribution in [1.29, 1.82) is 0 Å². The number of methoxy groups -OCH3 is 2. The summed E-state index contributed by atoms with van der Waals surface area (Å²) in [6.45, 7) is -0.266. The van der Waals surface area contributed by atoms with Crippen LogP contribution in [0, 0.1) is 5.82 Å². The third-order valence-electron chi connectivity index (χ3n) is 2.16. The minimum absolute atomic E-state index is 0.0317. The van der Waals surface area contributed by atoms with Crippen molar-refractivity contribution < 1.29 is 19.0 Å². The molecule has 0 saturated heterocycles. The van der Waals surface area contributed by atoms with Gasteiger partial charge in [-0.2, -0.15) is 0 Å². The fraction of sp³-hybridized carbons (Fsp3) is 0.400. The lowest BCUT2D eigenvalue weighted by Gasteiger charge is -2.17. The van der Waals surface area contributed by atoms with E-state index in [0.29, 0.717) is 5.56 Å². The van der Waals surface area contributed by atoms with E-state index in [-0.39, 0.29) is 22.6 Å². The first-order valence-corrected chi connectivity index (χ1v) is 5.32. The van der Waals surface area contributed by atoms with Gasteiger partial charge in [-0.05, 0) is 22.0 Å². The quantitative estimate of drug-likeness (QED) is 0.885. The SMILES string of the molecule is COc1c(C(N)CO)cc(Br)c(F)c1OC. The molecule has 1 unspecified atom stereocenters. The monoisotopic (exact) mass is 293 g/mol. The van der Waals surface area contributed by atoms with Crippen molar-refractivity contribution in [2.75, 3.05) is 20.8 Å². The molecule has 0 fully saturated rings. The molecule has 1 aromatic rings. The molecule has 0 spiro atoms. The highest BCUT2D eigenvalue weighted by Gasteiger charge is 2.21. The standard InChI is InChI=1S/C10H13BrFNO3/c1-15-9-5(7(13)4-14)3-6(11)8(12)10(9)16-2/h3,7,14H,4,13H2,1-2H3. The lowest BCUT2D eigenvalue weighted by molar-refractivity contribution is 0.262. The smallest absolute Gasteiger partial charge is 0.198 e. The maximum absolute atomic E-state index is 13.6. The van der Waals surface area contributed by atoms with Crippen LogP contribution >= 0.6 is 15.9 Å². The van der Waals surface area contributed by atoms with Gasteiger partial charge in [0.2, 0.25) is 0 Å². The zero-order valence-corrected chi connectivity index (χ0v) is 10.5. The average molecular weight is 294 g/mol. The molecule has 6 heteroatoms. The van der Waals surface area contributed by atoms with Crippen LogP contribution in [0.5, 0.6) is 11.5 Å². The largest absolute Gasteiger partial charge is 0.492 e. The number of nitrogens with two attached hydrogens (primary N) is 1. The van der Waals surface area contributed by atoms with Gasteiger partial charge in [-0.25, -0.2) is 4.39 Å². The maximum atomic E-state index is 13.6. The summed E-state index contributed by atoms with van der Waals surface area (Å²) < 4.78 is 23.8. The minimum Gasteiger partial charge on any atom is -0.492 e. The number of ether oxygens (including phenoxy) is 2. The number of halogens is 2. The maximum Gasteiger partial charge on any atom is 0.198 e. The predicted octanol–water partition coefficient (Wildman–Crippen LogP) is 1.60. The number of hydrogen-bond acceptors (Lipinski definition) is 4. The molecule has 0 aromatic heterocycles. The van der Waals surface area contributed by atoms with Crippen LogP contribution in [-0.2, 0) is 0 Å². The van der Waals surface area contributed by atoms with Crippen LogP contribution < -0.4 is 15.2 Å². The number of benzene rings is 1. The zero-order valence-electron chi connectivity index (χ0n) is 8.96. The summed E-state index contributed by atoms with van der Waals surface area (Å²) in [6.07, 6.45) is 0. The molecule has 0 heterocycles. The van der Waals surface area contributed by atoms with Gasteiger partial charge in [0, 0.05) is 5.56 Å². The van der Waals surface area contributed by atoms with Gasteiger partial charge in [-0.1, -0.05) is 0 Å². The summed E-state index contributed by atoms with van der Waals surface area (Å²) in [5, 5.41) is 9.00. The molecule has 0 aliphatic rings. The Morgan fingerprint density at radius 1 is 1.44 bits per heavy atom. The normalized spacial score (nSPS) is 12.4. The molecular weight excluding hydrogens is 281 g/mol. The lowest BCUT2D eigenvalue weighted by Crippen LogP contribution is -2.16. The van der Waals surface area contributed by atoms with Gasteiger partial charge in [-0.3, -0.25) is 0 Å². The zero-order chi connectivity index (χ0) is 12.3. The van der Waals surface area contributed by atoms with E-state index in [2.05, 4.69) is 15.9 Å². The lowest BCUT2D eigenvalue weighted by atomic mass is 10.1. The predicted molar refractivity (Wildman–Crippen MR) is 61.2 cm³/mol. The van der Waals surface area contributed by atoms with Gasteiger partial charge in [-0.15, -0.1) is 0 Å². The van der Waals surface area contributed by atoms with E-state index in [1.54, 1.807) is 0 Å². The van der Waals surface area contributed by atoms with Crippen molar-refractivity contribution in [1.82, 2.24) is 0 Å². The van der Waals surface area contributed by atoms with E-state index < -0.39 is 11.9 Å². The van der Waals surface area contributed by atoms with Crippen LogP contribution in [0.3, 0.4) is 0 Å². The Morgan fingerprint density at radius 3 is 2.44 bits per heavy atom. The molecule has 0 amide bonds. The Labute approximate surface area is 101 Å². The van der Waals surface area contributed by atoms with E-state index in [1.165, 1.54) is 20.3 Å². The second-order valence-corrected chi connectivity index (χ2v) is 3.97. The van der Waals surface area contributed by atoms with Crippen molar-refractivity contribution in [2.24, 2.45) is 5.73 Å². The van der Waals surface area contributed by atoms with Crippen LogP contribution in [-0.4, -0.2) is 25.9 Å². The summed E-state index contributed by atoms with van der Waals surface area (Å²) in [4.78, 5) is 0. The van der Waals surface area contributed by atoms with Crippen molar-refractivity contribution in [3.05, 3.63) is 21.9 Å². The van der Waals surface area contributed by atoms with Crippen LogP contribution in [0.25, 0.3) is 0 Å². The second kappa shape index (κ2) is 5.47. The summed E-state index contributed by atoms with van der Waals surface area (Å²) in [6, 6.07) is 0.818. The Balaban J connectivity index is 3.43. The molecule has 90 valence electrons. The Bertz CT molecular complexity index is 387. The fourth-order valence-corrected chi connectivity index (χ4v) is 1.80. The molecular formula is C10H13BrFNO3. The molecule has 1 rings (SSSR count). The molecule has 0 aliphatic carbocycles. The van der Waals surface area contributed by atoms with Gasteiger partial charge in [0.25, 0.3) is 0 Å². The summed E-state index contributed by atoms with van der Waals surface area (Å²) in [5.74, 6) is -0.395. The first-order chi connectivity index (χ1) is 7.56. The molecule has 1 atom stereocenters. The number of aliphatic hydroxyl groups is 1. The van der Waals surface area contributed by atoms with E-state index in [1.807, 2.05) is 0 Å². The Hall–Kier alpha value is -0.850. The molecule has 16 heavy (non-hydrogen) atoms. The van der Waals surface area contributed by atoms with Crippen LogP contribution in [0.2, 0.25) is 0 Å². The minimum atomic E-state index is -0.652. The highest BCUT2D eigenvalue weighted by atomic mass is 79.9. The third kappa shape index (κ3) is 2.28. The topological polar surface area (TPSA) is 64.7 Å². The summed E-state index contributed by atoms with van der Waals surface area (Å²) >= 11 is 3.05. The molecule has 0 bridgehead atoms. The van der Waals surface area contributed by atoms with Crippen LogP contribution in [0.15, 0.2) is 10.5 Å². The molecule has 0 radical (unpaired) electrons. The number of rotatable bonds is 4. The molecule has 1 aromatic carbocycles. The number of aliphatic hydroxyl groups excluding tert-OH is 1.